The molecule has 0 amide bonds. The van der Waals surface area contributed by atoms with Crippen molar-refractivity contribution in [1.29, 1.82) is 0 Å². The van der Waals surface area contributed by atoms with Gasteiger partial charge in [-0.15, -0.1) is 0 Å². The second kappa shape index (κ2) is 11.1. The van der Waals surface area contributed by atoms with Gasteiger partial charge in [-0.05, 0) is 50.8 Å². The fraction of sp³-hybridized carbons (Fsp3) is 0.625. The van der Waals surface area contributed by atoms with E-state index < -0.39 is 0 Å². The number of nitrogens with zero attached hydrogens (tertiary/aromatic N) is 2. The third-order valence-corrected chi connectivity index (χ3v) is 3.09. The van der Waals surface area contributed by atoms with E-state index in [1.165, 1.54) is 11.1 Å². The fourth-order valence-electron chi connectivity index (χ4n) is 1.94. The van der Waals surface area contributed by atoms with E-state index in [4.69, 9.17) is 4.74 Å². The first kappa shape index (κ1) is 17.4. The third-order valence-electron chi connectivity index (χ3n) is 3.09. The monoisotopic (exact) mass is 292 g/mol. The van der Waals surface area contributed by atoms with Gasteiger partial charge in [-0.2, -0.15) is 0 Å². The van der Waals surface area contributed by atoms with Crippen molar-refractivity contribution in [2.75, 3.05) is 32.8 Å². The zero-order chi connectivity index (χ0) is 15.3. The van der Waals surface area contributed by atoms with Crippen molar-refractivity contribution in [3.05, 3.63) is 29.6 Å². The minimum atomic E-state index is 0.771. The molecule has 5 heteroatoms. The van der Waals surface area contributed by atoms with Crippen molar-refractivity contribution in [2.24, 2.45) is 4.99 Å². The molecular weight excluding hydrogens is 264 g/mol. The van der Waals surface area contributed by atoms with E-state index in [-0.39, 0.29) is 0 Å². The van der Waals surface area contributed by atoms with Gasteiger partial charge in [0.25, 0.3) is 0 Å². The SMILES string of the molecule is CCNC(=NCCCOCC)NCCc1ccncc1C. The molecule has 0 radical (unpaired) electrons. The third kappa shape index (κ3) is 7.66. The first-order valence-electron chi connectivity index (χ1n) is 7.77. The Morgan fingerprint density at radius 1 is 1.33 bits per heavy atom. The zero-order valence-corrected chi connectivity index (χ0v) is 13.5. The Morgan fingerprint density at radius 3 is 2.90 bits per heavy atom. The van der Waals surface area contributed by atoms with Gasteiger partial charge in [0.2, 0.25) is 0 Å². The van der Waals surface area contributed by atoms with Crippen LogP contribution in [0.4, 0.5) is 0 Å². The summed E-state index contributed by atoms with van der Waals surface area (Å²) >= 11 is 0. The van der Waals surface area contributed by atoms with E-state index in [1.54, 1.807) is 0 Å². The summed E-state index contributed by atoms with van der Waals surface area (Å²) < 4.78 is 5.31. The van der Waals surface area contributed by atoms with Crippen LogP contribution in [0, 0.1) is 6.92 Å². The lowest BCUT2D eigenvalue weighted by Crippen LogP contribution is -2.38. The molecule has 2 N–H and O–H groups in total. The van der Waals surface area contributed by atoms with Gasteiger partial charge in [-0.1, -0.05) is 0 Å². The Hall–Kier alpha value is -1.62. The molecular formula is C16H28N4O. The van der Waals surface area contributed by atoms with Crippen LogP contribution in [0.3, 0.4) is 0 Å². The molecule has 0 spiro atoms. The van der Waals surface area contributed by atoms with E-state index in [9.17, 15) is 0 Å². The molecule has 0 atom stereocenters. The molecule has 0 aliphatic carbocycles. The number of pyridine rings is 1. The van der Waals surface area contributed by atoms with Crippen molar-refractivity contribution in [2.45, 2.75) is 33.6 Å². The van der Waals surface area contributed by atoms with E-state index in [0.29, 0.717) is 0 Å². The zero-order valence-electron chi connectivity index (χ0n) is 13.5. The maximum Gasteiger partial charge on any atom is 0.191 e. The van der Waals surface area contributed by atoms with Crippen molar-refractivity contribution >= 4 is 5.96 Å². The highest BCUT2D eigenvalue weighted by atomic mass is 16.5. The first-order valence-corrected chi connectivity index (χ1v) is 7.77. The Bertz CT molecular complexity index is 420. The maximum absolute atomic E-state index is 5.31. The number of aryl methyl sites for hydroxylation is 1. The molecule has 1 aromatic rings. The minimum absolute atomic E-state index is 0.771. The van der Waals surface area contributed by atoms with E-state index in [2.05, 4.69) is 40.5 Å². The van der Waals surface area contributed by atoms with Gasteiger partial charge in [0, 0.05) is 45.2 Å². The van der Waals surface area contributed by atoms with Crippen molar-refractivity contribution in [3.63, 3.8) is 0 Å². The van der Waals surface area contributed by atoms with Gasteiger partial charge >= 0.3 is 0 Å². The first-order chi connectivity index (χ1) is 10.3. The minimum Gasteiger partial charge on any atom is -0.382 e. The molecule has 0 aromatic carbocycles. The number of rotatable bonds is 9. The normalized spacial score (nSPS) is 11.5. The second-order valence-electron chi connectivity index (χ2n) is 4.79. The van der Waals surface area contributed by atoms with Gasteiger partial charge < -0.3 is 15.4 Å². The highest BCUT2D eigenvalue weighted by Gasteiger charge is 2.00. The maximum atomic E-state index is 5.31. The highest BCUT2D eigenvalue weighted by molar-refractivity contribution is 5.79. The highest BCUT2D eigenvalue weighted by Crippen LogP contribution is 2.04. The number of aliphatic imine (C=N–C) groups is 1. The van der Waals surface area contributed by atoms with Crippen LogP contribution < -0.4 is 10.6 Å². The summed E-state index contributed by atoms with van der Waals surface area (Å²) in [5.41, 5.74) is 2.56. The molecule has 1 heterocycles. The smallest absolute Gasteiger partial charge is 0.191 e. The summed E-state index contributed by atoms with van der Waals surface area (Å²) in [6.07, 6.45) is 5.67. The van der Waals surface area contributed by atoms with E-state index in [0.717, 1.165) is 51.6 Å². The molecule has 0 fully saturated rings. The van der Waals surface area contributed by atoms with Crippen LogP contribution in [0.1, 0.15) is 31.4 Å². The van der Waals surface area contributed by atoms with Gasteiger partial charge in [0.1, 0.15) is 0 Å². The second-order valence-corrected chi connectivity index (χ2v) is 4.79. The van der Waals surface area contributed by atoms with Crippen LogP contribution in [0.2, 0.25) is 0 Å². The van der Waals surface area contributed by atoms with Gasteiger partial charge in [-0.25, -0.2) is 0 Å². The Morgan fingerprint density at radius 2 is 2.19 bits per heavy atom. The molecule has 0 saturated carbocycles. The molecule has 0 bridgehead atoms. The van der Waals surface area contributed by atoms with Crippen molar-refractivity contribution in [1.82, 2.24) is 15.6 Å². The van der Waals surface area contributed by atoms with E-state index >= 15 is 0 Å². The molecule has 0 aliphatic rings. The quantitative estimate of drug-likeness (QED) is 0.415. The lowest BCUT2D eigenvalue weighted by atomic mass is 10.1. The average Bonchev–Trinajstić information content (AvgIpc) is 2.49. The number of hydrogen-bond donors (Lipinski definition) is 2. The Labute approximate surface area is 128 Å². The summed E-state index contributed by atoms with van der Waals surface area (Å²) in [4.78, 5) is 8.66. The topological polar surface area (TPSA) is 58.5 Å². The number of guanidine groups is 1. The van der Waals surface area contributed by atoms with Crippen molar-refractivity contribution < 1.29 is 4.74 Å². The predicted octanol–water partition coefficient (Wildman–Crippen LogP) is 1.91. The standard InChI is InChI=1S/C16H28N4O/c1-4-18-16(19-9-6-12-21-5-2)20-11-8-15-7-10-17-13-14(15)3/h7,10,13H,4-6,8-9,11-12H2,1-3H3,(H2,18,19,20). The summed E-state index contributed by atoms with van der Waals surface area (Å²) in [5.74, 6) is 0.876. The molecule has 5 nitrogen and oxygen atoms in total. The van der Waals surface area contributed by atoms with Crippen LogP contribution in [-0.2, 0) is 11.2 Å². The summed E-state index contributed by atoms with van der Waals surface area (Å²) in [7, 11) is 0. The summed E-state index contributed by atoms with van der Waals surface area (Å²) in [5, 5.41) is 6.63. The molecule has 1 aromatic heterocycles. The fourth-order valence-corrected chi connectivity index (χ4v) is 1.94. The molecule has 21 heavy (non-hydrogen) atoms. The number of ether oxygens (including phenoxy) is 1. The van der Waals surface area contributed by atoms with Gasteiger partial charge in [-0.3, -0.25) is 9.98 Å². The Kier molecular flexibility index (Phi) is 9.20. The molecule has 1 rings (SSSR count). The van der Waals surface area contributed by atoms with Crippen LogP contribution in [-0.4, -0.2) is 43.8 Å². The Balaban J connectivity index is 2.33. The average molecular weight is 292 g/mol. The van der Waals surface area contributed by atoms with Gasteiger partial charge in [0.15, 0.2) is 5.96 Å². The van der Waals surface area contributed by atoms with Crippen LogP contribution in [0.5, 0.6) is 0 Å². The number of aromatic nitrogens is 1. The van der Waals surface area contributed by atoms with Gasteiger partial charge in [0.05, 0.1) is 0 Å². The number of hydrogen-bond acceptors (Lipinski definition) is 3. The molecule has 0 unspecified atom stereocenters. The van der Waals surface area contributed by atoms with Crippen LogP contribution >= 0.6 is 0 Å². The molecule has 0 saturated heterocycles. The van der Waals surface area contributed by atoms with Crippen LogP contribution in [0.15, 0.2) is 23.5 Å². The van der Waals surface area contributed by atoms with E-state index in [1.807, 2.05) is 19.3 Å². The number of nitrogens with one attached hydrogen (secondary N) is 2. The van der Waals surface area contributed by atoms with Crippen molar-refractivity contribution in [3.8, 4) is 0 Å². The molecule has 118 valence electrons. The van der Waals surface area contributed by atoms with Crippen LogP contribution in [0.25, 0.3) is 0 Å². The molecule has 0 aliphatic heterocycles. The lowest BCUT2D eigenvalue weighted by molar-refractivity contribution is 0.146. The predicted molar refractivity (Wildman–Crippen MR) is 87.8 cm³/mol. The summed E-state index contributed by atoms with van der Waals surface area (Å²) in [6, 6.07) is 2.07. The lowest BCUT2D eigenvalue weighted by Gasteiger charge is -2.12. The summed E-state index contributed by atoms with van der Waals surface area (Å²) in [6.45, 7) is 10.2. The largest absolute Gasteiger partial charge is 0.382 e.